The summed E-state index contributed by atoms with van der Waals surface area (Å²) in [5.41, 5.74) is 4.56. The van der Waals surface area contributed by atoms with Crippen LogP contribution in [0.5, 0.6) is 0 Å². The van der Waals surface area contributed by atoms with Gasteiger partial charge in [-0.3, -0.25) is 14.8 Å². The molecule has 0 saturated heterocycles. The van der Waals surface area contributed by atoms with E-state index in [1.165, 1.54) is 24.2 Å². The molecule has 11 heteroatoms. The molecule has 2 atom stereocenters. The van der Waals surface area contributed by atoms with Gasteiger partial charge >= 0.3 is 5.97 Å². The molecule has 5 aromatic rings. The van der Waals surface area contributed by atoms with E-state index in [1.54, 1.807) is 12.3 Å². The summed E-state index contributed by atoms with van der Waals surface area (Å²) in [6, 6.07) is 19.4. The number of rotatable bonds is 7. The van der Waals surface area contributed by atoms with E-state index < -0.39 is 5.97 Å². The minimum absolute atomic E-state index is 0.0985. The monoisotopic (exact) mass is 685 g/mol. The van der Waals surface area contributed by atoms with E-state index in [1.807, 2.05) is 58.1 Å². The number of amides is 1. The highest BCUT2D eigenvalue weighted by Crippen LogP contribution is 2.53. The van der Waals surface area contributed by atoms with E-state index >= 15 is 0 Å². The van der Waals surface area contributed by atoms with Gasteiger partial charge in [0, 0.05) is 36.3 Å². The number of carboxylic acid groups (broad SMARTS) is 1. The van der Waals surface area contributed by atoms with Gasteiger partial charge in [0.2, 0.25) is 0 Å². The summed E-state index contributed by atoms with van der Waals surface area (Å²) in [6.07, 6.45) is 8.23. The quantitative estimate of drug-likeness (QED) is 0.177. The van der Waals surface area contributed by atoms with Crippen LogP contribution in [-0.4, -0.2) is 43.3 Å². The zero-order valence-corrected chi connectivity index (χ0v) is 29.0. The fourth-order valence-electron chi connectivity index (χ4n) is 9.32. The Morgan fingerprint density at radius 3 is 2.58 bits per heavy atom. The number of carbonyl (C=O) groups is 2. The van der Waals surface area contributed by atoms with Crippen molar-refractivity contribution in [3.8, 4) is 17.2 Å². The van der Waals surface area contributed by atoms with Crippen molar-refractivity contribution >= 4 is 44.4 Å². The Morgan fingerprint density at radius 2 is 1.82 bits per heavy atom. The van der Waals surface area contributed by atoms with Crippen molar-refractivity contribution in [1.82, 2.24) is 19.7 Å². The molecule has 2 N–H and O–H groups in total. The van der Waals surface area contributed by atoms with Crippen LogP contribution in [0.25, 0.3) is 21.3 Å². The Bertz CT molecular complexity index is 2130. The van der Waals surface area contributed by atoms with Crippen molar-refractivity contribution in [2.24, 2.45) is 23.2 Å². The number of anilines is 2. The molecule has 2 bridgehead atoms. The zero-order valence-electron chi connectivity index (χ0n) is 28.2. The van der Waals surface area contributed by atoms with Crippen LogP contribution in [0, 0.1) is 34.5 Å². The minimum Gasteiger partial charge on any atom is -0.476 e. The van der Waals surface area contributed by atoms with Gasteiger partial charge in [-0.2, -0.15) is 10.4 Å². The lowest BCUT2D eigenvalue weighted by Gasteiger charge is -2.50. The Hall–Kier alpha value is -5.08. The number of nitrogens with one attached hydrogen (secondary N) is 1. The van der Waals surface area contributed by atoms with Gasteiger partial charge < -0.3 is 10.0 Å². The number of nitrogens with zero attached hydrogens (tertiary/aromatic N) is 6. The summed E-state index contributed by atoms with van der Waals surface area (Å²) < 4.78 is 2.81. The molecule has 0 radical (unpaired) electrons. The number of para-hydroxylation sites is 1. The molecule has 10 nitrogen and oxygen atoms in total. The lowest BCUT2D eigenvalue weighted by Crippen LogP contribution is -2.42. The van der Waals surface area contributed by atoms with Gasteiger partial charge in [-0.15, -0.1) is 0 Å². The number of carbonyl (C=O) groups excluding carboxylic acids is 1. The molecule has 3 aliphatic rings. The van der Waals surface area contributed by atoms with E-state index in [2.05, 4.69) is 40.3 Å². The maximum Gasteiger partial charge on any atom is 0.355 e. The summed E-state index contributed by atoms with van der Waals surface area (Å²) in [6.45, 7) is 6.35. The Balaban J connectivity index is 1.06. The SMILES string of the molecule is CC1CC2CC(C)CC(Cn3ncc(-c4ccc(N5CCc6cccc(C(=O)Nc7nc8ccccc8s7)c6C5)nc4C(=O)O)c3C#N)(C1)C2. The first-order chi connectivity index (χ1) is 24.2. The van der Waals surface area contributed by atoms with Crippen LogP contribution >= 0.6 is 11.3 Å². The average molecular weight is 686 g/mol. The molecule has 50 heavy (non-hydrogen) atoms. The number of benzene rings is 2. The van der Waals surface area contributed by atoms with Gasteiger partial charge in [0.25, 0.3) is 5.91 Å². The van der Waals surface area contributed by atoms with E-state index in [0.29, 0.717) is 77.1 Å². The molecule has 0 spiro atoms. The number of aromatic carboxylic acids is 1. The van der Waals surface area contributed by atoms with Crippen molar-refractivity contribution in [3.63, 3.8) is 0 Å². The number of aromatic nitrogens is 4. The van der Waals surface area contributed by atoms with Gasteiger partial charge in [-0.1, -0.05) is 49.4 Å². The van der Waals surface area contributed by atoms with Crippen molar-refractivity contribution in [2.75, 3.05) is 16.8 Å². The summed E-state index contributed by atoms with van der Waals surface area (Å²) in [4.78, 5) is 37.5. The fraction of sp³-hybridized carbons (Fsp3) is 0.385. The van der Waals surface area contributed by atoms with Gasteiger partial charge in [-0.25, -0.2) is 14.8 Å². The first-order valence-corrected chi connectivity index (χ1v) is 18.2. The van der Waals surface area contributed by atoms with E-state index in [9.17, 15) is 20.0 Å². The van der Waals surface area contributed by atoms with Crippen LogP contribution in [0.15, 0.2) is 60.8 Å². The van der Waals surface area contributed by atoms with Crippen LogP contribution in [-0.2, 0) is 19.5 Å². The summed E-state index contributed by atoms with van der Waals surface area (Å²) >= 11 is 1.43. The number of fused-ring (bicyclic) bond motifs is 4. The van der Waals surface area contributed by atoms with Crippen molar-refractivity contribution in [2.45, 2.75) is 65.5 Å². The average Bonchev–Trinajstić information content (AvgIpc) is 3.69. The van der Waals surface area contributed by atoms with Crippen LogP contribution < -0.4 is 10.2 Å². The molecule has 2 saturated carbocycles. The second-order valence-electron chi connectivity index (χ2n) is 14.8. The number of nitriles is 1. The number of carboxylic acids is 1. The topological polar surface area (TPSA) is 137 Å². The first kappa shape index (κ1) is 32.1. The van der Waals surface area contributed by atoms with Gasteiger partial charge in [-0.05, 0) is 103 Å². The van der Waals surface area contributed by atoms with Crippen LogP contribution in [0.1, 0.15) is 83.6 Å². The number of thiazole rings is 1. The van der Waals surface area contributed by atoms with Crippen molar-refractivity contribution in [1.29, 1.82) is 5.26 Å². The second-order valence-corrected chi connectivity index (χ2v) is 15.8. The number of hydrogen-bond donors (Lipinski definition) is 2. The molecule has 2 aliphatic carbocycles. The van der Waals surface area contributed by atoms with Crippen molar-refractivity contribution < 1.29 is 14.7 Å². The fourth-order valence-corrected chi connectivity index (χ4v) is 10.2. The van der Waals surface area contributed by atoms with E-state index in [0.717, 1.165) is 40.6 Å². The first-order valence-electron chi connectivity index (χ1n) is 17.4. The summed E-state index contributed by atoms with van der Waals surface area (Å²) in [7, 11) is 0. The van der Waals surface area contributed by atoms with E-state index in [4.69, 9.17) is 0 Å². The predicted molar refractivity (Wildman–Crippen MR) is 193 cm³/mol. The van der Waals surface area contributed by atoms with Crippen LogP contribution in [0.4, 0.5) is 10.9 Å². The van der Waals surface area contributed by atoms with Crippen LogP contribution in [0.3, 0.4) is 0 Å². The summed E-state index contributed by atoms with van der Waals surface area (Å²) in [5.74, 6) is 1.09. The largest absolute Gasteiger partial charge is 0.476 e. The molecule has 2 aromatic carbocycles. The highest BCUT2D eigenvalue weighted by Gasteiger charge is 2.45. The lowest BCUT2D eigenvalue weighted by atomic mass is 9.57. The standard InChI is InChI=1S/C39H39N7O3S/c1-23-14-25-15-24(2)17-39(16-23,18-25)22-46-32(19-40)29(20-41-46)27-10-11-34(43-35(27)37(48)49)45-13-12-26-6-5-7-28(30(26)21-45)36(47)44-38-42-31-8-3-4-9-33(31)50-38/h3-11,20,23-25H,12-18,21-22H2,1-2H3,(H,48,49)(H,42,44,47). The van der Waals surface area contributed by atoms with Gasteiger partial charge in [0.15, 0.2) is 10.8 Å². The Morgan fingerprint density at radius 1 is 1.02 bits per heavy atom. The van der Waals surface area contributed by atoms with Crippen LogP contribution in [0.2, 0.25) is 0 Å². The lowest BCUT2D eigenvalue weighted by molar-refractivity contribution is 0.00201. The highest BCUT2D eigenvalue weighted by molar-refractivity contribution is 7.22. The number of hydrogen-bond acceptors (Lipinski definition) is 8. The molecule has 4 heterocycles. The Labute approximate surface area is 294 Å². The van der Waals surface area contributed by atoms with Gasteiger partial charge in [0.1, 0.15) is 17.6 Å². The minimum atomic E-state index is -1.17. The van der Waals surface area contributed by atoms with Crippen molar-refractivity contribution in [3.05, 3.63) is 88.9 Å². The molecular weight excluding hydrogens is 647 g/mol. The molecule has 2 unspecified atom stereocenters. The third-order valence-corrected chi connectivity index (χ3v) is 11.9. The Kier molecular flexibility index (Phi) is 8.14. The van der Waals surface area contributed by atoms with E-state index in [-0.39, 0.29) is 17.0 Å². The molecule has 2 fully saturated rings. The van der Waals surface area contributed by atoms with Gasteiger partial charge in [0.05, 0.1) is 16.4 Å². The highest BCUT2D eigenvalue weighted by atomic mass is 32.1. The number of pyridine rings is 1. The molecular formula is C39H39N7O3S. The smallest absolute Gasteiger partial charge is 0.355 e. The zero-order chi connectivity index (χ0) is 34.6. The maximum absolute atomic E-state index is 13.5. The predicted octanol–water partition coefficient (Wildman–Crippen LogP) is 7.79. The third kappa shape index (κ3) is 5.92. The molecule has 1 amide bonds. The molecule has 3 aromatic heterocycles. The third-order valence-electron chi connectivity index (χ3n) is 10.9. The summed E-state index contributed by atoms with van der Waals surface area (Å²) in [5, 5.41) is 28.9. The second kappa shape index (κ2) is 12.7. The normalized spacial score (nSPS) is 22.9. The maximum atomic E-state index is 13.5. The molecule has 8 rings (SSSR count). The molecule has 1 aliphatic heterocycles. The molecule has 254 valence electrons.